The highest BCUT2D eigenvalue weighted by atomic mass is 16.5. The van der Waals surface area contributed by atoms with Gasteiger partial charge in [-0.25, -0.2) is 4.98 Å². The summed E-state index contributed by atoms with van der Waals surface area (Å²) in [5.41, 5.74) is 3.83. The summed E-state index contributed by atoms with van der Waals surface area (Å²) in [7, 11) is 0. The highest BCUT2D eigenvalue weighted by molar-refractivity contribution is 6.04. The molecule has 0 saturated carbocycles. The van der Waals surface area contributed by atoms with E-state index in [-0.39, 0.29) is 5.91 Å². The fourth-order valence-electron chi connectivity index (χ4n) is 2.53. The van der Waals surface area contributed by atoms with Gasteiger partial charge in [0.1, 0.15) is 17.1 Å². The van der Waals surface area contributed by atoms with Gasteiger partial charge < -0.3 is 10.1 Å². The van der Waals surface area contributed by atoms with Crippen molar-refractivity contribution in [3.8, 4) is 5.75 Å². The number of anilines is 1. The van der Waals surface area contributed by atoms with Crippen LogP contribution in [0.1, 0.15) is 28.7 Å². The number of benzene rings is 1. The highest BCUT2D eigenvalue weighted by Gasteiger charge is 2.16. The van der Waals surface area contributed by atoms with Crippen molar-refractivity contribution >= 4 is 17.2 Å². The maximum absolute atomic E-state index is 12.6. The number of aromatic nitrogens is 2. The van der Waals surface area contributed by atoms with Crippen LogP contribution in [0.2, 0.25) is 0 Å². The molecule has 1 aromatic carbocycles. The molecule has 0 bridgehead atoms. The van der Waals surface area contributed by atoms with Crippen LogP contribution in [-0.4, -0.2) is 21.9 Å². The van der Waals surface area contributed by atoms with E-state index in [2.05, 4.69) is 10.3 Å². The largest absolute Gasteiger partial charge is 0.494 e. The Morgan fingerprint density at radius 2 is 1.91 bits per heavy atom. The van der Waals surface area contributed by atoms with E-state index in [1.54, 1.807) is 0 Å². The molecule has 0 aliphatic heterocycles. The molecule has 0 fully saturated rings. The maximum Gasteiger partial charge on any atom is 0.274 e. The smallest absolute Gasteiger partial charge is 0.274 e. The lowest BCUT2D eigenvalue weighted by Crippen LogP contribution is -2.15. The molecule has 0 spiro atoms. The maximum atomic E-state index is 12.6. The van der Waals surface area contributed by atoms with Crippen LogP contribution in [0, 0.1) is 13.8 Å². The van der Waals surface area contributed by atoms with Gasteiger partial charge in [0.05, 0.1) is 12.3 Å². The first-order valence-corrected chi connectivity index (χ1v) is 7.58. The third-order valence-electron chi connectivity index (χ3n) is 3.58. The normalized spacial score (nSPS) is 10.7. The number of imidazole rings is 1. The molecule has 3 aromatic rings. The fraction of sp³-hybridized carbons (Fsp3) is 0.222. The van der Waals surface area contributed by atoms with Crippen molar-refractivity contribution in [1.82, 2.24) is 9.38 Å². The average Bonchev–Trinajstić information content (AvgIpc) is 2.84. The minimum Gasteiger partial charge on any atom is -0.494 e. The predicted molar refractivity (Wildman–Crippen MR) is 90.2 cm³/mol. The monoisotopic (exact) mass is 309 g/mol. The van der Waals surface area contributed by atoms with E-state index in [1.807, 2.05) is 67.8 Å². The Kier molecular flexibility index (Phi) is 4.02. The number of aryl methyl sites for hydroxylation is 2. The van der Waals surface area contributed by atoms with Crippen molar-refractivity contribution in [3.05, 3.63) is 59.5 Å². The van der Waals surface area contributed by atoms with Crippen LogP contribution >= 0.6 is 0 Å². The van der Waals surface area contributed by atoms with Gasteiger partial charge in [0.2, 0.25) is 0 Å². The van der Waals surface area contributed by atoms with E-state index < -0.39 is 0 Å². The second kappa shape index (κ2) is 6.12. The second-order valence-electron chi connectivity index (χ2n) is 5.39. The molecule has 0 unspecified atom stereocenters. The summed E-state index contributed by atoms with van der Waals surface area (Å²) >= 11 is 0. The molecular weight excluding hydrogens is 290 g/mol. The summed E-state index contributed by atoms with van der Waals surface area (Å²) in [5.74, 6) is 0.608. The Morgan fingerprint density at radius 1 is 1.17 bits per heavy atom. The van der Waals surface area contributed by atoms with Crippen LogP contribution in [0.4, 0.5) is 5.69 Å². The predicted octanol–water partition coefficient (Wildman–Crippen LogP) is 3.60. The number of hydrogen-bond acceptors (Lipinski definition) is 3. The number of amides is 1. The van der Waals surface area contributed by atoms with Crippen LogP contribution in [0.25, 0.3) is 5.65 Å². The van der Waals surface area contributed by atoms with E-state index in [0.717, 1.165) is 22.6 Å². The number of carbonyl (C=O) groups excluding carboxylic acids is 1. The van der Waals surface area contributed by atoms with Gasteiger partial charge in [-0.15, -0.1) is 0 Å². The molecule has 3 rings (SSSR count). The van der Waals surface area contributed by atoms with Crippen molar-refractivity contribution < 1.29 is 9.53 Å². The molecule has 0 atom stereocenters. The SMILES string of the molecule is CCOc1ccc(NC(=O)c2c(C)nc3ccc(C)cn23)cc1. The first-order chi connectivity index (χ1) is 11.1. The Bertz CT molecular complexity index is 851. The van der Waals surface area contributed by atoms with Gasteiger partial charge in [0.15, 0.2) is 0 Å². The van der Waals surface area contributed by atoms with Gasteiger partial charge in [-0.2, -0.15) is 0 Å². The zero-order valence-electron chi connectivity index (χ0n) is 13.5. The van der Waals surface area contributed by atoms with E-state index in [1.165, 1.54) is 0 Å². The second-order valence-corrected chi connectivity index (χ2v) is 5.39. The number of nitrogens with one attached hydrogen (secondary N) is 1. The highest BCUT2D eigenvalue weighted by Crippen LogP contribution is 2.18. The molecule has 5 heteroatoms. The lowest BCUT2D eigenvalue weighted by atomic mass is 10.2. The van der Waals surface area contributed by atoms with Crippen molar-refractivity contribution in [1.29, 1.82) is 0 Å². The number of carbonyl (C=O) groups is 1. The lowest BCUT2D eigenvalue weighted by molar-refractivity contribution is 0.102. The molecule has 118 valence electrons. The van der Waals surface area contributed by atoms with Crippen LogP contribution in [-0.2, 0) is 0 Å². The zero-order chi connectivity index (χ0) is 16.4. The molecule has 2 heterocycles. The molecule has 0 aliphatic rings. The van der Waals surface area contributed by atoms with Gasteiger partial charge in [-0.3, -0.25) is 9.20 Å². The summed E-state index contributed by atoms with van der Waals surface area (Å²) in [6, 6.07) is 11.2. The van der Waals surface area contributed by atoms with Crippen LogP contribution in [0.5, 0.6) is 5.75 Å². The first kappa shape index (κ1) is 15.1. The number of ether oxygens (including phenoxy) is 1. The third kappa shape index (κ3) is 3.04. The molecule has 1 amide bonds. The fourth-order valence-corrected chi connectivity index (χ4v) is 2.53. The van der Waals surface area contributed by atoms with Gasteiger partial charge in [0.25, 0.3) is 5.91 Å². The van der Waals surface area contributed by atoms with E-state index in [0.29, 0.717) is 18.0 Å². The van der Waals surface area contributed by atoms with Crippen LogP contribution in [0.15, 0.2) is 42.6 Å². The minimum absolute atomic E-state index is 0.176. The number of nitrogens with zero attached hydrogens (tertiary/aromatic N) is 2. The standard InChI is InChI=1S/C18H19N3O2/c1-4-23-15-8-6-14(7-9-15)20-18(22)17-13(3)19-16-10-5-12(2)11-21(16)17/h5-11H,4H2,1-3H3,(H,20,22). The quantitative estimate of drug-likeness (QED) is 0.801. The Hall–Kier alpha value is -2.82. The molecule has 1 N–H and O–H groups in total. The van der Waals surface area contributed by atoms with E-state index in [4.69, 9.17) is 4.74 Å². The van der Waals surface area contributed by atoms with Crippen LogP contribution in [0.3, 0.4) is 0 Å². The van der Waals surface area contributed by atoms with Gasteiger partial charge in [-0.1, -0.05) is 6.07 Å². The van der Waals surface area contributed by atoms with Gasteiger partial charge >= 0.3 is 0 Å². The summed E-state index contributed by atoms with van der Waals surface area (Å²) in [4.78, 5) is 17.1. The third-order valence-corrected chi connectivity index (χ3v) is 3.58. The Morgan fingerprint density at radius 3 is 2.61 bits per heavy atom. The average molecular weight is 309 g/mol. The van der Waals surface area contributed by atoms with E-state index >= 15 is 0 Å². The van der Waals surface area contributed by atoms with Gasteiger partial charge in [-0.05, 0) is 56.7 Å². The van der Waals surface area contributed by atoms with Crippen molar-refractivity contribution in [2.75, 3.05) is 11.9 Å². The van der Waals surface area contributed by atoms with Gasteiger partial charge in [0, 0.05) is 11.9 Å². The first-order valence-electron chi connectivity index (χ1n) is 7.58. The van der Waals surface area contributed by atoms with Crippen molar-refractivity contribution in [2.45, 2.75) is 20.8 Å². The molecular formula is C18H19N3O2. The molecule has 23 heavy (non-hydrogen) atoms. The molecule has 0 aliphatic carbocycles. The number of pyridine rings is 1. The summed E-state index contributed by atoms with van der Waals surface area (Å²) in [6.45, 7) is 6.38. The number of hydrogen-bond donors (Lipinski definition) is 1. The Balaban J connectivity index is 1.88. The molecule has 0 saturated heterocycles. The summed E-state index contributed by atoms with van der Waals surface area (Å²) in [5, 5.41) is 2.91. The summed E-state index contributed by atoms with van der Waals surface area (Å²) in [6.07, 6.45) is 1.92. The molecule has 5 nitrogen and oxygen atoms in total. The Labute approximate surface area is 134 Å². The molecule has 0 radical (unpaired) electrons. The number of rotatable bonds is 4. The van der Waals surface area contributed by atoms with E-state index in [9.17, 15) is 4.79 Å². The van der Waals surface area contributed by atoms with Crippen molar-refractivity contribution in [2.24, 2.45) is 0 Å². The minimum atomic E-state index is -0.176. The number of fused-ring (bicyclic) bond motifs is 1. The molecule has 2 aromatic heterocycles. The zero-order valence-corrected chi connectivity index (χ0v) is 13.5. The summed E-state index contributed by atoms with van der Waals surface area (Å²) < 4.78 is 7.23. The van der Waals surface area contributed by atoms with Crippen LogP contribution < -0.4 is 10.1 Å². The topological polar surface area (TPSA) is 55.6 Å². The van der Waals surface area contributed by atoms with Crippen molar-refractivity contribution in [3.63, 3.8) is 0 Å². The lowest BCUT2D eigenvalue weighted by Gasteiger charge is -2.08.